The molecule has 0 radical (unpaired) electrons. The molecule has 0 aliphatic rings. The molecule has 1 rings (SSSR count). The Labute approximate surface area is 88.0 Å². The molecule has 0 saturated carbocycles. The average molecular weight is 233 g/mol. The van der Waals surface area contributed by atoms with Crippen LogP contribution in [-0.4, -0.2) is 32.4 Å². The maximum absolute atomic E-state index is 10.6. The van der Waals surface area contributed by atoms with Crippen molar-refractivity contribution in [1.82, 2.24) is 0 Å². The third kappa shape index (κ3) is 1.79. The van der Waals surface area contributed by atoms with Gasteiger partial charge in [-0.2, -0.15) is 0 Å². The van der Waals surface area contributed by atoms with Crippen LogP contribution in [0.3, 0.4) is 0 Å². The van der Waals surface area contributed by atoms with Gasteiger partial charge in [0.15, 0.2) is 11.5 Å². The number of aromatic hydroxyl groups is 2. The molecule has 6 nitrogen and oxygen atoms in total. The SMILES string of the molecule is O=C(O)c1cc(C(=O)O)c(Cl)c(O)c1O. The number of rotatable bonds is 2. The first kappa shape index (κ1) is 11.1. The summed E-state index contributed by atoms with van der Waals surface area (Å²) >= 11 is 5.39. The highest BCUT2D eigenvalue weighted by molar-refractivity contribution is 6.35. The largest absolute Gasteiger partial charge is 0.504 e. The fourth-order valence-electron chi connectivity index (χ4n) is 0.954. The second-order valence-corrected chi connectivity index (χ2v) is 2.97. The molecule has 1 aromatic carbocycles. The number of hydrogen-bond donors (Lipinski definition) is 4. The van der Waals surface area contributed by atoms with Gasteiger partial charge in [0, 0.05) is 0 Å². The molecule has 0 aliphatic carbocycles. The van der Waals surface area contributed by atoms with E-state index in [1.54, 1.807) is 0 Å². The van der Waals surface area contributed by atoms with Crippen LogP contribution in [0, 0.1) is 0 Å². The Balaban J connectivity index is 3.59. The number of benzene rings is 1. The predicted octanol–water partition coefficient (Wildman–Crippen LogP) is 1.15. The molecule has 0 heterocycles. The highest BCUT2D eigenvalue weighted by Gasteiger charge is 2.22. The Morgan fingerprint density at radius 2 is 1.47 bits per heavy atom. The van der Waals surface area contributed by atoms with E-state index in [0.29, 0.717) is 6.07 Å². The van der Waals surface area contributed by atoms with Gasteiger partial charge in [0.25, 0.3) is 0 Å². The summed E-state index contributed by atoms with van der Waals surface area (Å²) in [5.41, 5.74) is -1.32. The lowest BCUT2D eigenvalue weighted by Crippen LogP contribution is -2.03. The van der Waals surface area contributed by atoms with Gasteiger partial charge >= 0.3 is 11.9 Å². The Hall–Kier alpha value is -1.95. The monoisotopic (exact) mass is 232 g/mol. The minimum Gasteiger partial charge on any atom is -0.504 e. The van der Waals surface area contributed by atoms with Crippen LogP contribution in [0.15, 0.2) is 6.07 Å². The number of phenols is 2. The first-order chi connectivity index (χ1) is 6.86. The van der Waals surface area contributed by atoms with Gasteiger partial charge in [0.05, 0.1) is 5.56 Å². The summed E-state index contributed by atoms with van der Waals surface area (Å²) in [5, 5.41) is 34.9. The Morgan fingerprint density at radius 3 is 1.87 bits per heavy atom. The van der Waals surface area contributed by atoms with Gasteiger partial charge in [-0.15, -0.1) is 0 Å². The number of halogens is 1. The van der Waals surface area contributed by atoms with E-state index >= 15 is 0 Å². The maximum Gasteiger partial charge on any atom is 0.339 e. The van der Waals surface area contributed by atoms with Crippen molar-refractivity contribution in [2.45, 2.75) is 0 Å². The maximum atomic E-state index is 10.6. The quantitative estimate of drug-likeness (QED) is 0.569. The first-order valence-electron chi connectivity index (χ1n) is 3.57. The number of carboxylic acids is 2. The van der Waals surface area contributed by atoms with Gasteiger partial charge < -0.3 is 20.4 Å². The lowest BCUT2D eigenvalue weighted by atomic mass is 10.1. The van der Waals surface area contributed by atoms with Crippen LogP contribution < -0.4 is 0 Å². The molecular formula is C8H5ClO6. The van der Waals surface area contributed by atoms with Gasteiger partial charge in [-0.05, 0) is 6.07 Å². The Bertz CT molecular complexity index is 415. The van der Waals surface area contributed by atoms with E-state index in [4.69, 9.17) is 32.0 Å². The average Bonchev–Trinajstić information content (AvgIpc) is 2.13. The van der Waals surface area contributed by atoms with Crippen LogP contribution in [0.5, 0.6) is 11.5 Å². The van der Waals surface area contributed by atoms with Crippen LogP contribution in [0.25, 0.3) is 0 Å². The number of aromatic carboxylic acids is 2. The molecule has 0 spiro atoms. The Kier molecular flexibility index (Phi) is 2.71. The zero-order chi connectivity index (χ0) is 11.7. The van der Waals surface area contributed by atoms with Crippen molar-refractivity contribution in [3.8, 4) is 11.5 Å². The zero-order valence-corrected chi connectivity index (χ0v) is 7.82. The van der Waals surface area contributed by atoms with E-state index in [9.17, 15) is 9.59 Å². The summed E-state index contributed by atoms with van der Waals surface area (Å²) in [6, 6.07) is 0.669. The molecule has 1 aromatic rings. The molecule has 0 unspecified atom stereocenters. The fourth-order valence-corrected chi connectivity index (χ4v) is 1.18. The van der Waals surface area contributed by atoms with Crippen molar-refractivity contribution in [2.24, 2.45) is 0 Å². The highest BCUT2D eigenvalue weighted by atomic mass is 35.5. The Morgan fingerprint density at radius 1 is 1.00 bits per heavy atom. The summed E-state index contributed by atoms with van der Waals surface area (Å²) in [6.07, 6.45) is 0. The van der Waals surface area contributed by atoms with Crippen molar-refractivity contribution >= 4 is 23.5 Å². The first-order valence-corrected chi connectivity index (χ1v) is 3.95. The predicted molar refractivity (Wildman–Crippen MR) is 48.7 cm³/mol. The molecular weight excluding hydrogens is 228 g/mol. The highest BCUT2D eigenvalue weighted by Crippen LogP contribution is 2.38. The molecule has 0 saturated heterocycles. The minimum absolute atomic E-state index is 0.593. The molecule has 80 valence electrons. The van der Waals surface area contributed by atoms with E-state index in [-0.39, 0.29) is 0 Å². The van der Waals surface area contributed by atoms with Gasteiger partial charge in [-0.1, -0.05) is 11.6 Å². The van der Waals surface area contributed by atoms with Crippen molar-refractivity contribution < 1.29 is 30.0 Å². The van der Waals surface area contributed by atoms with Crippen molar-refractivity contribution in [3.05, 3.63) is 22.2 Å². The summed E-state index contributed by atoms with van der Waals surface area (Å²) in [4.78, 5) is 21.1. The molecule has 0 bridgehead atoms. The van der Waals surface area contributed by atoms with Crippen molar-refractivity contribution in [1.29, 1.82) is 0 Å². The second-order valence-electron chi connectivity index (χ2n) is 2.59. The molecule has 0 amide bonds. The fraction of sp³-hybridized carbons (Fsp3) is 0. The zero-order valence-electron chi connectivity index (χ0n) is 7.06. The third-order valence-corrected chi connectivity index (χ3v) is 2.06. The number of carboxylic acid groups (broad SMARTS) is 2. The van der Waals surface area contributed by atoms with Crippen LogP contribution in [0.2, 0.25) is 5.02 Å². The number of phenolic OH excluding ortho intramolecular Hbond substituents is 1. The van der Waals surface area contributed by atoms with Crippen molar-refractivity contribution in [2.75, 3.05) is 0 Å². The lowest BCUT2D eigenvalue weighted by molar-refractivity contribution is 0.0693. The van der Waals surface area contributed by atoms with Gasteiger partial charge in [0.1, 0.15) is 10.6 Å². The number of carbonyl (C=O) groups is 2. The normalized spacial score (nSPS) is 9.93. The van der Waals surface area contributed by atoms with E-state index < -0.39 is 39.6 Å². The molecule has 15 heavy (non-hydrogen) atoms. The summed E-state index contributed by atoms with van der Waals surface area (Å²) in [7, 11) is 0. The molecule has 0 fully saturated rings. The topological polar surface area (TPSA) is 115 Å². The lowest BCUT2D eigenvalue weighted by Gasteiger charge is -2.06. The minimum atomic E-state index is -1.57. The van der Waals surface area contributed by atoms with E-state index in [2.05, 4.69) is 0 Å². The molecule has 0 aromatic heterocycles. The van der Waals surface area contributed by atoms with E-state index in [0.717, 1.165) is 0 Å². The van der Waals surface area contributed by atoms with E-state index in [1.807, 2.05) is 0 Å². The van der Waals surface area contributed by atoms with E-state index in [1.165, 1.54) is 0 Å². The third-order valence-electron chi connectivity index (χ3n) is 1.67. The summed E-state index contributed by atoms with van der Waals surface area (Å²) in [6.45, 7) is 0. The smallest absolute Gasteiger partial charge is 0.339 e. The van der Waals surface area contributed by atoms with Gasteiger partial charge in [-0.3, -0.25) is 0 Å². The van der Waals surface area contributed by atoms with Crippen LogP contribution in [0.4, 0.5) is 0 Å². The number of hydrogen-bond acceptors (Lipinski definition) is 4. The van der Waals surface area contributed by atoms with Crippen LogP contribution >= 0.6 is 11.6 Å². The summed E-state index contributed by atoms with van der Waals surface area (Å²) < 4.78 is 0. The standard InChI is InChI=1S/C8H5ClO6/c9-4-2(7(12)13)1-3(8(14)15)5(10)6(4)11/h1,10-11H,(H,12,13)(H,14,15). The summed E-state index contributed by atoms with van der Waals surface area (Å²) in [5.74, 6) is -4.99. The van der Waals surface area contributed by atoms with Crippen molar-refractivity contribution in [3.63, 3.8) is 0 Å². The van der Waals surface area contributed by atoms with Gasteiger partial charge in [0.2, 0.25) is 0 Å². The van der Waals surface area contributed by atoms with Crippen LogP contribution in [-0.2, 0) is 0 Å². The molecule has 7 heteroatoms. The molecule has 0 atom stereocenters. The molecule has 0 aliphatic heterocycles. The second kappa shape index (κ2) is 3.66. The van der Waals surface area contributed by atoms with Gasteiger partial charge in [-0.25, -0.2) is 9.59 Å². The van der Waals surface area contributed by atoms with Crippen LogP contribution in [0.1, 0.15) is 20.7 Å². The molecule has 4 N–H and O–H groups in total.